The number of para-hydroxylation sites is 2. The fraction of sp³-hybridized carbons (Fsp3) is 0.114. The molecule has 1 fully saturated rings. The number of anilines is 2. The molecule has 2 heterocycles. The summed E-state index contributed by atoms with van der Waals surface area (Å²) in [5.74, 6) is 1.76. The predicted octanol–water partition coefficient (Wildman–Crippen LogP) is 18.4. The van der Waals surface area contributed by atoms with Crippen LogP contribution in [0.25, 0.3) is 88.4 Å². The predicted molar refractivity (Wildman–Crippen MR) is 300 cm³/mol. The van der Waals surface area contributed by atoms with Crippen molar-refractivity contribution in [3.05, 3.63) is 265 Å². The lowest BCUT2D eigenvalue weighted by Crippen LogP contribution is -2.28. The summed E-state index contributed by atoms with van der Waals surface area (Å²) in [5.41, 5.74) is 21.4. The van der Waals surface area contributed by atoms with Crippen molar-refractivity contribution in [3.8, 4) is 44.5 Å². The number of furan rings is 2. The first kappa shape index (κ1) is 41.0. The molecule has 3 nitrogen and oxygen atoms in total. The molecule has 73 heavy (non-hydrogen) atoms. The molecule has 16 rings (SSSR count). The zero-order valence-corrected chi connectivity index (χ0v) is 40.6. The number of hydrogen-bond donors (Lipinski definition) is 0. The maximum absolute atomic E-state index is 6.70. The van der Waals surface area contributed by atoms with E-state index in [0.717, 1.165) is 61.0 Å². The molecule has 0 radical (unpaired) electrons. The van der Waals surface area contributed by atoms with Crippen LogP contribution in [0.2, 0.25) is 0 Å². The largest absolute Gasteiger partial charge is 0.456 e. The van der Waals surface area contributed by atoms with Crippen molar-refractivity contribution in [2.75, 3.05) is 4.90 Å². The van der Waals surface area contributed by atoms with Gasteiger partial charge < -0.3 is 13.7 Å². The van der Waals surface area contributed by atoms with Gasteiger partial charge in [0.2, 0.25) is 0 Å². The topological polar surface area (TPSA) is 29.5 Å². The van der Waals surface area contributed by atoms with Crippen molar-refractivity contribution in [3.63, 3.8) is 0 Å². The van der Waals surface area contributed by atoms with Crippen LogP contribution in [0.5, 0.6) is 0 Å². The molecule has 0 bridgehead atoms. The Morgan fingerprint density at radius 3 is 1.92 bits per heavy atom. The van der Waals surface area contributed by atoms with Gasteiger partial charge in [-0.25, -0.2) is 0 Å². The van der Waals surface area contributed by atoms with Crippen molar-refractivity contribution in [1.29, 1.82) is 0 Å². The van der Waals surface area contributed by atoms with Crippen molar-refractivity contribution in [2.24, 2.45) is 29.1 Å². The quantitative estimate of drug-likeness (QED) is 0.172. The van der Waals surface area contributed by atoms with Gasteiger partial charge in [0.05, 0.1) is 5.41 Å². The van der Waals surface area contributed by atoms with Crippen LogP contribution < -0.4 is 4.90 Å². The van der Waals surface area contributed by atoms with Crippen LogP contribution in [0.1, 0.15) is 36.1 Å². The van der Waals surface area contributed by atoms with Crippen LogP contribution in [0.4, 0.5) is 11.4 Å². The van der Waals surface area contributed by atoms with E-state index in [1.807, 2.05) is 6.07 Å². The van der Waals surface area contributed by atoms with E-state index in [9.17, 15) is 0 Å². The zero-order chi connectivity index (χ0) is 48.2. The lowest BCUT2D eigenvalue weighted by molar-refractivity contribution is 0.237. The fourth-order valence-electron chi connectivity index (χ4n) is 14.4. The van der Waals surface area contributed by atoms with Gasteiger partial charge in [-0.3, -0.25) is 0 Å². The Morgan fingerprint density at radius 1 is 0.411 bits per heavy atom. The third-order valence-electron chi connectivity index (χ3n) is 17.7. The van der Waals surface area contributed by atoms with Crippen molar-refractivity contribution in [2.45, 2.75) is 19.3 Å². The summed E-state index contributed by atoms with van der Waals surface area (Å²) >= 11 is 0. The minimum Gasteiger partial charge on any atom is -0.456 e. The molecule has 0 amide bonds. The number of nitrogens with zero attached hydrogens (tertiary/aromatic N) is 1. The summed E-state index contributed by atoms with van der Waals surface area (Å²) in [6.45, 7) is 4.97. The van der Waals surface area contributed by atoms with Crippen molar-refractivity contribution in [1.82, 2.24) is 0 Å². The first-order valence-electron chi connectivity index (χ1n) is 25.9. The molecular formula is C70H49NO2. The van der Waals surface area contributed by atoms with E-state index in [-0.39, 0.29) is 5.41 Å². The fourth-order valence-corrected chi connectivity index (χ4v) is 14.4. The molecule has 2 aromatic heterocycles. The van der Waals surface area contributed by atoms with Gasteiger partial charge in [-0.05, 0) is 163 Å². The average Bonchev–Trinajstić information content (AvgIpc) is 4.26. The Labute approximate surface area is 424 Å². The van der Waals surface area contributed by atoms with Gasteiger partial charge in [-0.1, -0.05) is 184 Å². The Morgan fingerprint density at radius 2 is 1.04 bits per heavy atom. The second kappa shape index (κ2) is 14.9. The smallest absolute Gasteiger partial charge is 0.136 e. The standard InChI is InChI=1S/C70H49NO2/c1-69(2)57-20-10-6-16-49(57)51-34-30-47(40-60(51)69)71(46-28-24-43(25-29-46)42-14-4-3-5-15-42)48-31-35-55-62(41-48)70(59-36-37-65-68(67(55)59)56-19-9-13-23-64(56)72-65)58-21-11-7-17-50(58)52-32-26-44(38-61(52)70)45-27-33-54-53-18-8-12-22-63(53)73-66(54)39-45/h3-41,49,51,57,60H,1-2H3. The molecule has 5 unspecified atom stereocenters. The molecule has 1 spiro atoms. The second-order valence-corrected chi connectivity index (χ2v) is 21.6. The highest BCUT2D eigenvalue weighted by atomic mass is 16.3. The van der Waals surface area contributed by atoms with Crippen LogP contribution in [0, 0.1) is 29.1 Å². The summed E-state index contributed by atoms with van der Waals surface area (Å²) in [5, 5.41) is 4.58. The van der Waals surface area contributed by atoms with E-state index < -0.39 is 5.41 Å². The molecule has 346 valence electrons. The van der Waals surface area contributed by atoms with Crippen LogP contribution >= 0.6 is 0 Å². The Bertz CT molecular complexity index is 4270. The number of allylic oxidation sites excluding steroid dienone is 7. The summed E-state index contributed by atoms with van der Waals surface area (Å²) in [6, 6.07) is 71.8. The minimum atomic E-state index is -0.648. The minimum absolute atomic E-state index is 0.0712. The maximum Gasteiger partial charge on any atom is 0.136 e. The third kappa shape index (κ3) is 5.60. The maximum atomic E-state index is 6.70. The molecule has 0 aliphatic heterocycles. The van der Waals surface area contributed by atoms with Gasteiger partial charge in [0.15, 0.2) is 0 Å². The number of fused-ring (bicyclic) bond motifs is 20. The van der Waals surface area contributed by atoms with Gasteiger partial charge >= 0.3 is 0 Å². The van der Waals surface area contributed by atoms with Crippen LogP contribution in [-0.2, 0) is 5.41 Å². The van der Waals surface area contributed by atoms with E-state index in [1.165, 1.54) is 66.7 Å². The van der Waals surface area contributed by atoms with E-state index in [4.69, 9.17) is 8.83 Å². The van der Waals surface area contributed by atoms with Crippen LogP contribution in [0.3, 0.4) is 0 Å². The molecule has 3 heteroatoms. The molecule has 5 aliphatic carbocycles. The molecule has 11 aromatic rings. The highest BCUT2D eigenvalue weighted by molar-refractivity contribution is 6.16. The number of hydrogen-bond acceptors (Lipinski definition) is 3. The summed E-state index contributed by atoms with van der Waals surface area (Å²) in [6.07, 6.45) is 17.0. The van der Waals surface area contributed by atoms with Crippen molar-refractivity contribution >= 4 is 55.3 Å². The lowest BCUT2D eigenvalue weighted by atomic mass is 9.70. The van der Waals surface area contributed by atoms with Gasteiger partial charge in [0.25, 0.3) is 0 Å². The molecule has 5 atom stereocenters. The molecular weight excluding hydrogens is 887 g/mol. The Hall–Kier alpha value is -8.66. The molecule has 0 saturated heterocycles. The summed E-state index contributed by atoms with van der Waals surface area (Å²) in [7, 11) is 0. The first-order valence-corrected chi connectivity index (χ1v) is 25.9. The molecule has 0 N–H and O–H groups in total. The Kier molecular flexibility index (Phi) is 8.39. The number of rotatable bonds is 5. The average molecular weight is 936 g/mol. The molecule has 1 saturated carbocycles. The van der Waals surface area contributed by atoms with E-state index in [1.54, 1.807) is 0 Å². The zero-order valence-electron chi connectivity index (χ0n) is 40.6. The van der Waals surface area contributed by atoms with Crippen LogP contribution in [0.15, 0.2) is 251 Å². The van der Waals surface area contributed by atoms with Gasteiger partial charge in [0.1, 0.15) is 22.3 Å². The summed E-state index contributed by atoms with van der Waals surface area (Å²) in [4.78, 5) is 2.53. The van der Waals surface area contributed by atoms with Gasteiger partial charge in [0, 0.05) is 38.6 Å². The van der Waals surface area contributed by atoms with Gasteiger partial charge in [-0.15, -0.1) is 0 Å². The Balaban J connectivity index is 0.950. The normalized spacial score (nSPS) is 21.4. The van der Waals surface area contributed by atoms with Crippen molar-refractivity contribution < 1.29 is 8.83 Å². The van der Waals surface area contributed by atoms with Crippen LogP contribution in [-0.4, -0.2) is 0 Å². The van der Waals surface area contributed by atoms with E-state index in [0.29, 0.717) is 23.7 Å². The number of benzene rings is 9. The molecule has 5 aliphatic rings. The monoisotopic (exact) mass is 935 g/mol. The lowest BCUT2D eigenvalue weighted by Gasteiger charge is -2.36. The SMILES string of the molecule is CC1(C)C2C=CC=CC2C2C=CC(N(c3ccc(-c4ccccc4)cc3)c3ccc4c(c3)C3(c5ccccc5-c5ccc(-c6ccc7c(c6)oc6ccccc67)cc53)c3ccc5oc6ccccc6c5c3-4)=CC21. The van der Waals surface area contributed by atoms with Gasteiger partial charge in [-0.2, -0.15) is 0 Å². The van der Waals surface area contributed by atoms with E-state index in [2.05, 4.69) is 249 Å². The highest BCUT2D eigenvalue weighted by Crippen LogP contribution is 2.66. The third-order valence-corrected chi connectivity index (χ3v) is 17.7. The summed E-state index contributed by atoms with van der Waals surface area (Å²) < 4.78 is 13.2. The first-order chi connectivity index (χ1) is 35.9. The molecule has 9 aromatic carbocycles. The second-order valence-electron chi connectivity index (χ2n) is 21.6. The van der Waals surface area contributed by atoms with E-state index >= 15 is 0 Å². The highest BCUT2D eigenvalue weighted by Gasteiger charge is 2.54.